The molecular weight excluding hydrogens is 410 g/mol. The largest absolute Gasteiger partial charge is 0.207 e. The van der Waals surface area contributed by atoms with Crippen molar-refractivity contribution < 1.29 is 8.78 Å². The Morgan fingerprint density at radius 2 is 1.45 bits per heavy atom. The second-order valence-corrected chi connectivity index (χ2v) is 11.9. The number of benzene rings is 1. The van der Waals surface area contributed by atoms with Crippen molar-refractivity contribution in [2.45, 2.75) is 135 Å². The summed E-state index contributed by atoms with van der Waals surface area (Å²) in [5.74, 6) is 2.71. The lowest BCUT2D eigenvalue weighted by Gasteiger charge is -2.42. The molecule has 186 valence electrons. The molecule has 0 spiro atoms. The summed E-state index contributed by atoms with van der Waals surface area (Å²) in [4.78, 5) is 0. The van der Waals surface area contributed by atoms with Gasteiger partial charge in [-0.05, 0) is 98.1 Å². The lowest BCUT2D eigenvalue weighted by Crippen LogP contribution is -2.31. The third kappa shape index (κ3) is 6.21. The minimum Gasteiger partial charge on any atom is -0.207 e. The molecule has 3 aliphatic carbocycles. The number of fused-ring (bicyclic) bond motifs is 2. The molecule has 5 unspecified atom stereocenters. The van der Waals surface area contributed by atoms with E-state index in [1.54, 1.807) is 6.07 Å². The van der Waals surface area contributed by atoms with Gasteiger partial charge >= 0.3 is 0 Å². The summed E-state index contributed by atoms with van der Waals surface area (Å²) in [6, 6.07) is 1.74. The molecule has 1 aromatic carbocycles. The van der Waals surface area contributed by atoms with Crippen molar-refractivity contribution in [3.63, 3.8) is 0 Å². The smallest absolute Gasteiger partial charge is 0.133 e. The van der Waals surface area contributed by atoms with Gasteiger partial charge in [0, 0.05) is 5.56 Å². The average Bonchev–Trinajstić information content (AvgIpc) is 2.82. The van der Waals surface area contributed by atoms with Crippen molar-refractivity contribution in [2.24, 2.45) is 23.7 Å². The van der Waals surface area contributed by atoms with Crippen LogP contribution in [0.15, 0.2) is 6.07 Å². The van der Waals surface area contributed by atoms with E-state index in [1.807, 2.05) is 0 Å². The molecule has 2 fully saturated rings. The quantitative estimate of drug-likeness (QED) is 0.306. The Labute approximate surface area is 202 Å². The van der Waals surface area contributed by atoms with Crippen LogP contribution < -0.4 is 0 Å². The summed E-state index contributed by atoms with van der Waals surface area (Å²) in [5.41, 5.74) is 2.29. The number of rotatable bonds is 10. The highest BCUT2D eigenvalue weighted by molar-refractivity contribution is 5.39. The van der Waals surface area contributed by atoms with Gasteiger partial charge in [0.15, 0.2) is 0 Å². The second-order valence-electron chi connectivity index (χ2n) is 11.9. The maximum absolute atomic E-state index is 15.7. The molecule has 0 N–H and O–H groups in total. The fraction of sp³-hybridized carbons (Fsp3) is 0.806. The molecule has 1 aromatic rings. The Kier molecular flexibility index (Phi) is 9.28. The van der Waals surface area contributed by atoms with Gasteiger partial charge in [-0.2, -0.15) is 0 Å². The SMILES string of the molecule is CCCCCCC1CCc2c(cc(F)c(C3CCC4CC(CCCCC)CCC4C3)c2F)C1. The van der Waals surface area contributed by atoms with E-state index in [2.05, 4.69) is 13.8 Å². The van der Waals surface area contributed by atoms with E-state index in [4.69, 9.17) is 0 Å². The van der Waals surface area contributed by atoms with Gasteiger partial charge in [0.05, 0.1) is 0 Å². The summed E-state index contributed by atoms with van der Waals surface area (Å²) in [7, 11) is 0. The van der Waals surface area contributed by atoms with E-state index in [1.165, 1.54) is 83.5 Å². The van der Waals surface area contributed by atoms with Crippen LogP contribution in [-0.2, 0) is 12.8 Å². The first-order valence-electron chi connectivity index (χ1n) is 14.6. The van der Waals surface area contributed by atoms with Crippen molar-refractivity contribution in [3.05, 3.63) is 34.4 Å². The third-order valence-electron chi connectivity index (χ3n) is 9.57. The van der Waals surface area contributed by atoms with Crippen LogP contribution in [0, 0.1) is 35.3 Å². The third-order valence-corrected chi connectivity index (χ3v) is 9.57. The first-order chi connectivity index (χ1) is 16.1. The zero-order valence-corrected chi connectivity index (χ0v) is 21.4. The Hall–Kier alpha value is -0.920. The fourth-order valence-corrected chi connectivity index (χ4v) is 7.61. The number of hydrogen-bond donors (Lipinski definition) is 0. The minimum atomic E-state index is -0.241. The molecule has 0 aromatic heterocycles. The highest BCUT2D eigenvalue weighted by Gasteiger charge is 2.38. The zero-order chi connectivity index (χ0) is 23.2. The van der Waals surface area contributed by atoms with Crippen molar-refractivity contribution in [1.29, 1.82) is 0 Å². The van der Waals surface area contributed by atoms with Crippen LogP contribution in [0.1, 0.15) is 139 Å². The molecule has 0 aliphatic heterocycles. The molecule has 5 atom stereocenters. The first kappa shape index (κ1) is 25.2. The van der Waals surface area contributed by atoms with Crippen LogP contribution in [-0.4, -0.2) is 0 Å². The molecule has 0 nitrogen and oxygen atoms in total. The summed E-state index contributed by atoms with van der Waals surface area (Å²) in [6.45, 7) is 4.52. The predicted molar refractivity (Wildman–Crippen MR) is 136 cm³/mol. The van der Waals surface area contributed by atoms with Gasteiger partial charge in [0.2, 0.25) is 0 Å². The molecular formula is C31H48F2. The molecule has 0 bridgehead atoms. The van der Waals surface area contributed by atoms with Gasteiger partial charge in [0.1, 0.15) is 11.6 Å². The van der Waals surface area contributed by atoms with E-state index in [0.29, 0.717) is 17.4 Å². The Balaban J connectivity index is 1.37. The van der Waals surface area contributed by atoms with E-state index >= 15 is 8.78 Å². The van der Waals surface area contributed by atoms with Crippen LogP contribution in [0.25, 0.3) is 0 Å². The Bertz CT molecular complexity index is 754. The summed E-state index contributed by atoms with van der Waals surface area (Å²) in [5, 5.41) is 0. The second kappa shape index (κ2) is 12.2. The molecule has 0 amide bonds. The Morgan fingerprint density at radius 1 is 0.758 bits per heavy atom. The van der Waals surface area contributed by atoms with Crippen LogP contribution in [0.4, 0.5) is 8.78 Å². The standard InChI is InChI=1S/C31H48F2/c1-3-5-7-9-11-23-13-17-28-27(19-23)21-29(32)30(31(28)33)26-16-15-24-18-22(10-8-6-4-2)12-14-25(24)20-26/h21-26H,3-20H2,1-2H3. The molecule has 3 aliphatic rings. The van der Waals surface area contributed by atoms with Gasteiger partial charge in [-0.3, -0.25) is 0 Å². The van der Waals surface area contributed by atoms with Gasteiger partial charge < -0.3 is 0 Å². The molecule has 2 heteroatoms. The lowest BCUT2D eigenvalue weighted by molar-refractivity contribution is 0.111. The van der Waals surface area contributed by atoms with Crippen molar-refractivity contribution in [2.75, 3.05) is 0 Å². The van der Waals surface area contributed by atoms with E-state index in [-0.39, 0.29) is 17.6 Å². The molecule has 0 heterocycles. The van der Waals surface area contributed by atoms with Gasteiger partial charge in [-0.25, -0.2) is 8.78 Å². The molecule has 2 saturated carbocycles. The van der Waals surface area contributed by atoms with Crippen LogP contribution >= 0.6 is 0 Å². The van der Waals surface area contributed by atoms with Crippen LogP contribution in [0.3, 0.4) is 0 Å². The normalized spacial score (nSPS) is 29.5. The number of hydrogen-bond acceptors (Lipinski definition) is 0. The van der Waals surface area contributed by atoms with E-state index in [0.717, 1.165) is 55.1 Å². The van der Waals surface area contributed by atoms with E-state index < -0.39 is 0 Å². The number of unbranched alkanes of at least 4 members (excludes halogenated alkanes) is 5. The fourth-order valence-electron chi connectivity index (χ4n) is 7.61. The summed E-state index contributed by atoms with van der Waals surface area (Å²) < 4.78 is 31.0. The number of halogens is 2. The minimum absolute atomic E-state index is 0.0972. The topological polar surface area (TPSA) is 0 Å². The monoisotopic (exact) mass is 458 g/mol. The zero-order valence-electron chi connectivity index (χ0n) is 21.4. The summed E-state index contributed by atoms with van der Waals surface area (Å²) >= 11 is 0. The van der Waals surface area contributed by atoms with Crippen molar-refractivity contribution in [3.8, 4) is 0 Å². The predicted octanol–water partition coefficient (Wildman–Crippen LogP) is 9.92. The van der Waals surface area contributed by atoms with Crippen LogP contribution in [0.2, 0.25) is 0 Å². The van der Waals surface area contributed by atoms with Crippen LogP contribution in [0.5, 0.6) is 0 Å². The van der Waals surface area contributed by atoms with Gasteiger partial charge in [0.25, 0.3) is 0 Å². The average molecular weight is 459 g/mol. The highest BCUT2D eigenvalue weighted by atomic mass is 19.1. The molecule has 33 heavy (non-hydrogen) atoms. The van der Waals surface area contributed by atoms with Gasteiger partial charge in [-0.1, -0.05) is 78.1 Å². The lowest BCUT2D eigenvalue weighted by atomic mass is 9.63. The highest BCUT2D eigenvalue weighted by Crippen LogP contribution is 2.50. The van der Waals surface area contributed by atoms with Gasteiger partial charge in [-0.15, -0.1) is 0 Å². The van der Waals surface area contributed by atoms with Crippen molar-refractivity contribution in [1.82, 2.24) is 0 Å². The Morgan fingerprint density at radius 3 is 2.27 bits per heavy atom. The summed E-state index contributed by atoms with van der Waals surface area (Å²) in [6.07, 6.45) is 21.7. The molecule has 0 saturated heterocycles. The van der Waals surface area contributed by atoms with Crippen molar-refractivity contribution >= 4 is 0 Å². The molecule has 4 rings (SSSR count). The first-order valence-corrected chi connectivity index (χ1v) is 14.6. The maximum atomic E-state index is 15.7. The maximum Gasteiger partial charge on any atom is 0.133 e. The molecule has 0 radical (unpaired) electrons. The van der Waals surface area contributed by atoms with E-state index in [9.17, 15) is 0 Å².